The summed E-state index contributed by atoms with van der Waals surface area (Å²) in [7, 11) is -13.7. The molecule has 0 saturated heterocycles. The van der Waals surface area contributed by atoms with Gasteiger partial charge in [0.25, 0.3) is 0 Å². The van der Waals surface area contributed by atoms with Crippen LogP contribution in [-0.2, 0) is 13.6 Å². The molecule has 1 atom stereocenters. The van der Waals surface area contributed by atoms with Gasteiger partial charge in [-0.2, -0.15) is 0 Å². The van der Waals surface area contributed by atoms with Gasteiger partial charge in [-0.1, -0.05) is 0 Å². The molecule has 14 heteroatoms. The van der Waals surface area contributed by atoms with Crippen LogP contribution in [0.3, 0.4) is 0 Å². The second kappa shape index (κ2) is 5.29. The molecule has 0 aromatic carbocycles. The summed E-state index contributed by atoms with van der Waals surface area (Å²) in [4.78, 5) is 71.5. The Labute approximate surface area is 112 Å². The summed E-state index contributed by atoms with van der Waals surface area (Å²) in [5.41, 5.74) is -1.84. The first-order valence-electron chi connectivity index (χ1n) is 4.95. The van der Waals surface area contributed by atoms with Crippen LogP contribution in [-0.4, -0.2) is 62.6 Å². The first-order valence-corrected chi connectivity index (χ1v) is 8.84. The minimum absolute atomic E-state index is 0.536. The van der Waals surface area contributed by atoms with E-state index >= 15 is 0 Å². The normalized spacial score (nSPS) is 20.2. The SMILES string of the molecule is CC(O)(CCOP(O)(O)(O)OP(O)(O)(O)O)CC(=O)O. The quantitative estimate of drug-likeness (QED) is 0.215. The Morgan fingerprint density at radius 3 is 1.90 bits per heavy atom. The van der Waals surface area contributed by atoms with E-state index in [0.29, 0.717) is 0 Å². The van der Waals surface area contributed by atoms with E-state index in [-0.39, 0.29) is 0 Å². The third-order valence-electron chi connectivity index (χ3n) is 1.78. The zero-order valence-corrected chi connectivity index (χ0v) is 12.1. The number of aliphatic carboxylic acids is 1. The van der Waals surface area contributed by atoms with Crippen molar-refractivity contribution in [3.63, 3.8) is 0 Å². The predicted molar refractivity (Wildman–Crippen MR) is 63.9 cm³/mol. The van der Waals surface area contributed by atoms with Gasteiger partial charge in [-0.25, -0.2) is 0 Å². The van der Waals surface area contributed by atoms with Crippen LogP contribution in [0.4, 0.5) is 0 Å². The van der Waals surface area contributed by atoms with Gasteiger partial charge in [0.15, 0.2) is 0 Å². The van der Waals surface area contributed by atoms with Crippen LogP contribution < -0.4 is 0 Å². The van der Waals surface area contributed by atoms with Gasteiger partial charge in [0.1, 0.15) is 0 Å². The van der Waals surface area contributed by atoms with Crippen LogP contribution >= 0.6 is 15.5 Å². The molecule has 0 aromatic heterocycles. The molecule has 0 bridgehead atoms. The Balaban J connectivity index is 4.60. The van der Waals surface area contributed by atoms with Gasteiger partial charge in [0.2, 0.25) is 0 Å². The van der Waals surface area contributed by atoms with Crippen molar-refractivity contribution in [1.29, 1.82) is 0 Å². The zero-order chi connectivity index (χ0) is 16.5. The molecule has 12 nitrogen and oxygen atoms in total. The Hall–Kier alpha value is -0.0700. The molecule has 0 saturated carbocycles. The van der Waals surface area contributed by atoms with Gasteiger partial charge in [0.05, 0.1) is 0 Å². The summed E-state index contributed by atoms with van der Waals surface area (Å²) < 4.78 is 7.22. The molecular formula is C6H18O12P2. The molecule has 0 rings (SSSR count). The van der Waals surface area contributed by atoms with Crippen molar-refractivity contribution in [2.45, 2.75) is 25.4 Å². The van der Waals surface area contributed by atoms with E-state index in [0.717, 1.165) is 6.92 Å². The van der Waals surface area contributed by atoms with Crippen molar-refractivity contribution >= 4 is 21.4 Å². The summed E-state index contributed by atoms with van der Waals surface area (Å²) in [5.74, 6) is -1.36. The Morgan fingerprint density at radius 1 is 1.10 bits per heavy atom. The fourth-order valence-electron chi connectivity index (χ4n) is 1.12. The summed E-state index contributed by atoms with van der Waals surface area (Å²) >= 11 is 0. The fourth-order valence-corrected chi connectivity index (χ4v) is 3.76. The van der Waals surface area contributed by atoms with Crippen LogP contribution in [0.2, 0.25) is 0 Å². The van der Waals surface area contributed by atoms with E-state index < -0.39 is 46.5 Å². The van der Waals surface area contributed by atoms with Gasteiger partial charge >= 0.3 is 112 Å². The molecule has 9 N–H and O–H groups in total. The van der Waals surface area contributed by atoms with Crippen LogP contribution in [0.1, 0.15) is 19.8 Å². The van der Waals surface area contributed by atoms with Crippen molar-refractivity contribution in [2.75, 3.05) is 6.61 Å². The molecule has 124 valence electrons. The van der Waals surface area contributed by atoms with E-state index in [4.69, 9.17) is 39.4 Å². The molecule has 0 heterocycles. The number of hydrogen-bond acceptors (Lipinski definition) is 11. The van der Waals surface area contributed by atoms with Crippen molar-refractivity contribution in [3.8, 4) is 0 Å². The van der Waals surface area contributed by atoms with Crippen molar-refractivity contribution in [2.24, 2.45) is 0 Å². The first-order chi connectivity index (χ1) is 8.35. The van der Waals surface area contributed by atoms with E-state index in [2.05, 4.69) is 8.83 Å². The summed E-state index contributed by atoms with van der Waals surface area (Å²) in [6.07, 6.45) is -1.26. The van der Waals surface area contributed by atoms with Gasteiger partial charge in [-0.15, -0.1) is 0 Å². The number of carboxylic acid groups (broad SMARTS) is 1. The average molecular weight is 344 g/mol. The maximum atomic E-state index is 10.4. The van der Waals surface area contributed by atoms with Crippen molar-refractivity contribution in [3.05, 3.63) is 0 Å². The fraction of sp³-hybridized carbons (Fsp3) is 0.833. The van der Waals surface area contributed by atoms with Gasteiger partial charge in [-0.3, -0.25) is 0 Å². The summed E-state index contributed by atoms with van der Waals surface area (Å²) in [5, 5.41) is 18.0. The second-order valence-electron chi connectivity index (χ2n) is 4.43. The monoisotopic (exact) mass is 344 g/mol. The molecule has 0 aliphatic rings. The topological polar surface area (TPSA) is 218 Å². The van der Waals surface area contributed by atoms with Gasteiger partial charge in [0, 0.05) is 0 Å². The summed E-state index contributed by atoms with van der Waals surface area (Å²) in [6.45, 7) is 0.163. The second-order valence-corrected chi connectivity index (χ2v) is 8.73. The average Bonchev–Trinajstić information content (AvgIpc) is 1.89. The molecule has 0 spiro atoms. The number of hydrogen-bond donors (Lipinski definition) is 9. The molecule has 0 amide bonds. The van der Waals surface area contributed by atoms with Gasteiger partial charge < -0.3 is 0 Å². The minimum atomic E-state index is -6.93. The molecule has 0 aliphatic carbocycles. The number of rotatable bonds is 8. The predicted octanol–water partition coefficient (Wildman–Crippen LogP) is -2.16. The third-order valence-corrected chi connectivity index (χ3v) is 4.72. The van der Waals surface area contributed by atoms with E-state index in [9.17, 15) is 9.90 Å². The Morgan fingerprint density at radius 2 is 1.55 bits per heavy atom. The van der Waals surface area contributed by atoms with Crippen LogP contribution in [0.5, 0.6) is 0 Å². The van der Waals surface area contributed by atoms with Gasteiger partial charge in [-0.05, 0) is 0 Å². The Kier molecular flexibility index (Phi) is 5.27. The number of carbonyl (C=O) groups is 1. The molecule has 0 aliphatic heterocycles. The zero-order valence-electron chi connectivity index (χ0n) is 10.3. The molecule has 0 fully saturated rings. The standard InChI is InChI=1S/C6H18O12P2/c1-6(9,4-5(7)8)2-3-17-20(14,15,16)18-19(10,11,12)13/h9-16H,2-4H2,1H3,(H,7,8). The molecular weight excluding hydrogens is 326 g/mol. The van der Waals surface area contributed by atoms with Crippen LogP contribution in [0.25, 0.3) is 0 Å². The molecule has 1 unspecified atom stereocenters. The number of aliphatic hydroxyl groups is 1. The Bertz CT molecular complexity index is 366. The number of carboxylic acids is 1. The summed E-state index contributed by atoms with van der Waals surface area (Å²) in [6, 6.07) is 0. The van der Waals surface area contributed by atoms with E-state index in [1.165, 1.54) is 0 Å². The van der Waals surface area contributed by atoms with Crippen molar-refractivity contribution in [1.82, 2.24) is 0 Å². The van der Waals surface area contributed by atoms with Crippen molar-refractivity contribution < 1.29 is 58.1 Å². The molecule has 0 radical (unpaired) electrons. The van der Waals surface area contributed by atoms with E-state index in [1.807, 2.05) is 0 Å². The van der Waals surface area contributed by atoms with E-state index in [1.54, 1.807) is 0 Å². The van der Waals surface area contributed by atoms with Crippen LogP contribution in [0.15, 0.2) is 0 Å². The maximum absolute atomic E-state index is 10.4. The third kappa shape index (κ3) is 10.7. The molecule has 0 aromatic rings. The molecule has 20 heavy (non-hydrogen) atoms. The van der Waals surface area contributed by atoms with Crippen LogP contribution in [0, 0.1) is 0 Å². The first kappa shape index (κ1) is 19.9.